The van der Waals surface area contributed by atoms with E-state index in [4.69, 9.17) is 14.7 Å². The van der Waals surface area contributed by atoms with Gasteiger partial charge >= 0.3 is 0 Å². The number of nitriles is 1. The predicted molar refractivity (Wildman–Crippen MR) is 88.1 cm³/mol. The van der Waals surface area contributed by atoms with Crippen LogP contribution in [-0.2, 0) is 9.47 Å². The van der Waals surface area contributed by atoms with Crippen LogP contribution in [-0.4, -0.2) is 19.5 Å². The van der Waals surface area contributed by atoms with Crippen LogP contribution in [0.5, 0.6) is 0 Å². The molecular formula is C18H35NO2. The standard InChI is InChI=1S/C18H35NO2/c1-3-5-7-9-11-16-20-18(14-13-15-19)21-17-12-10-8-6-4-2/h18H,3-14,16-17H2,1-2H3. The summed E-state index contributed by atoms with van der Waals surface area (Å²) in [6, 6.07) is 2.17. The van der Waals surface area contributed by atoms with E-state index in [2.05, 4.69) is 19.9 Å². The zero-order valence-corrected chi connectivity index (χ0v) is 14.2. The number of hydrogen-bond donors (Lipinski definition) is 0. The van der Waals surface area contributed by atoms with Crippen molar-refractivity contribution in [2.45, 2.75) is 97.2 Å². The molecule has 0 saturated heterocycles. The van der Waals surface area contributed by atoms with Gasteiger partial charge in [0.15, 0.2) is 6.29 Å². The first-order chi connectivity index (χ1) is 10.3. The first-order valence-corrected chi connectivity index (χ1v) is 8.95. The normalized spacial score (nSPS) is 11.0. The smallest absolute Gasteiger partial charge is 0.158 e. The lowest BCUT2D eigenvalue weighted by Gasteiger charge is -2.17. The number of ether oxygens (including phenoxy) is 2. The topological polar surface area (TPSA) is 42.2 Å². The molecule has 0 N–H and O–H groups in total. The summed E-state index contributed by atoms with van der Waals surface area (Å²) in [6.45, 7) is 5.97. The molecule has 0 aromatic carbocycles. The van der Waals surface area contributed by atoms with Crippen molar-refractivity contribution in [1.82, 2.24) is 0 Å². The molecule has 0 unspecified atom stereocenters. The van der Waals surface area contributed by atoms with Crippen LogP contribution in [0.15, 0.2) is 0 Å². The Bertz CT molecular complexity index is 222. The molecule has 0 bridgehead atoms. The summed E-state index contributed by atoms with van der Waals surface area (Å²) in [5.74, 6) is 0. The molecule has 21 heavy (non-hydrogen) atoms. The fraction of sp³-hybridized carbons (Fsp3) is 0.944. The van der Waals surface area contributed by atoms with E-state index in [1.54, 1.807) is 0 Å². The van der Waals surface area contributed by atoms with E-state index < -0.39 is 0 Å². The van der Waals surface area contributed by atoms with Crippen LogP contribution < -0.4 is 0 Å². The molecule has 0 radical (unpaired) electrons. The molecule has 0 spiro atoms. The van der Waals surface area contributed by atoms with E-state index in [-0.39, 0.29) is 6.29 Å². The van der Waals surface area contributed by atoms with E-state index in [1.807, 2.05) is 0 Å². The Hall–Kier alpha value is -0.590. The van der Waals surface area contributed by atoms with Crippen molar-refractivity contribution >= 4 is 0 Å². The molecule has 0 aromatic heterocycles. The summed E-state index contributed by atoms with van der Waals surface area (Å²) in [6.07, 6.45) is 13.4. The van der Waals surface area contributed by atoms with Gasteiger partial charge in [-0.1, -0.05) is 65.2 Å². The fourth-order valence-corrected chi connectivity index (χ4v) is 2.24. The average molecular weight is 297 g/mol. The molecule has 3 nitrogen and oxygen atoms in total. The lowest BCUT2D eigenvalue weighted by molar-refractivity contribution is -0.146. The van der Waals surface area contributed by atoms with Crippen LogP contribution in [0.2, 0.25) is 0 Å². The molecule has 0 rings (SSSR count). The average Bonchev–Trinajstić information content (AvgIpc) is 2.50. The van der Waals surface area contributed by atoms with Crippen LogP contribution in [0.3, 0.4) is 0 Å². The van der Waals surface area contributed by atoms with E-state index in [9.17, 15) is 0 Å². The predicted octanol–water partition coefficient (Wildman–Crippen LogP) is 5.59. The molecule has 0 aromatic rings. The van der Waals surface area contributed by atoms with E-state index in [0.29, 0.717) is 12.8 Å². The third-order valence-electron chi connectivity index (χ3n) is 3.60. The van der Waals surface area contributed by atoms with Crippen molar-refractivity contribution < 1.29 is 9.47 Å². The number of hydrogen-bond acceptors (Lipinski definition) is 3. The van der Waals surface area contributed by atoms with Crippen molar-refractivity contribution in [2.75, 3.05) is 13.2 Å². The Kier molecular flexibility index (Phi) is 17.0. The van der Waals surface area contributed by atoms with Crippen molar-refractivity contribution in [1.29, 1.82) is 5.26 Å². The second kappa shape index (κ2) is 17.5. The maximum atomic E-state index is 8.69. The maximum Gasteiger partial charge on any atom is 0.158 e. The SMILES string of the molecule is CCCCCCCOC(CCC#N)OCCCCCCC. The molecule has 0 fully saturated rings. The van der Waals surface area contributed by atoms with Gasteiger partial charge in [-0.3, -0.25) is 0 Å². The molecule has 0 aliphatic heterocycles. The molecule has 0 aliphatic carbocycles. The molecule has 0 heterocycles. The van der Waals surface area contributed by atoms with Gasteiger partial charge in [-0.15, -0.1) is 0 Å². The van der Waals surface area contributed by atoms with Gasteiger partial charge in [0.05, 0.1) is 6.07 Å². The van der Waals surface area contributed by atoms with Crippen LogP contribution in [0, 0.1) is 11.3 Å². The summed E-state index contributed by atoms with van der Waals surface area (Å²) >= 11 is 0. The van der Waals surface area contributed by atoms with Gasteiger partial charge in [-0.2, -0.15) is 5.26 Å². The summed E-state index contributed by atoms with van der Waals surface area (Å²) in [4.78, 5) is 0. The Morgan fingerprint density at radius 2 is 1.24 bits per heavy atom. The molecule has 0 amide bonds. The molecular weight excluding hydrogens is 262 g/mol. The van der Waals surface area contributed by atoms with E-state index in [0.717, 1.165) is 26.1 Å². The molecule has 3 heteroatoms. The van der Waals surface area contributed by atoms with Crippen molar-refractivity contribution in [3.05, 3.63) is 0 Å². The maximum absolute atomic E-state index is 8.69. The van der Waals surface area contributed by atoms with Crippen molar-refractivity contribution in [2.24, 2.45) is 0 Å². The highest BCUT2D eigenvalue weighted by Gasteiger charge is 2.08. The fourth-order valence-electron chi connectivity index (χ4n) is 2.24. The first-order valence-electron chi connectivity index (χ1n) is 8.95. The zero-order valence-electron chi connectivity index (χ0n) is 14.2. The summed E-state index contributed by atoms with van der Waals surface area (Å²) < 4.78 is 11.6. The third-order valence-corrected chi connectivity index (χ3v) is 3.60. The highest BCUT2D eigenvalue weighted by Crippen LogP contribution is 2.09. The Morgan fingerprint density at radius 3 is 1.67 bits per heavy atom. The lowest BCUT2D eigenvalue weighted by atomic mass is 10.2. The van der Waals surface area contributed by atoms with Gasteiger partial charge in [-0.25, -0.2) is 0 Å². The number of rotatable bonds is 16. The Labute approximate surface area is 132 Å². The lowest BCUT2D eigenvalue weighted by Crippen LogP contribution is -2.18. The van der Waals surface area contributed by atoms with Gasteiger partial charge in [0.2, 0.25) is 0 Å². The zero-order chi connectivity index (χ0) is 15.6. The van der Waals surface area contributed by atoms with Gasteiger partial charge in [0.1, 0.15) is 0 Å². The second-order valence-corrected chi connectivity index (χ2v) is 5.70. The minimum atomic E-state index is -0.179. The van der Waals surface area contributed by atoms with Crippen LogP contribution in [0.1, 0.15) is 90.9 Å². The third kappa shape index (κ3) is 15.6. The Morgan fingerprint density at radius 1 is 0.762 bits per heavy atom. The van der Waals surface area contributed by atoms with Crippen LogP contribution in [0.4, 0.5) is 0 Å². The van der Waals surface area contributed by atoms with Gasteiger partial charge < -0.3 is 9.47 Å². The molecule has 124 valence electrons. The second-order valence-electron chi connectivity index (χ2n) is 5.70. The van der Waals surface area contributed by atoms with Crippen molar-refractivity contribution in [3.63, 3.8) is 0 Å². The molecule has 0 aliphatic rings. The Balaban J connectivity index is 3.59. The minimum absolute atomic E-state index is 0.179. The largest absolute Gasteiger partial charge is 0.353 e. The van der Waals surface area contributed by atoms with Crippen LogP contribution >= 0.6 is 0 Å². The quantitative estimate of drug-likeness (QED) is 0.275. The first kappa shape index (κ1) is 20.4. The van der Waals surface area contributed by atoms with Gasteiger partial charge in [0, 0.05) is 26.1 Å². The number of unbranched alkanes of at least 4 members (excludes halogenated alkanes) is 8. The monoisotopic (exact) mass is 297 g/mol. The summed E-state index contributed by atoms with van der Waals surface area (Å²) in [5.41, 5.74) is 0. The summed E-state index contributed by atoms with van der Waals surface area (Å²) in [5, 5.41) is 8.69. The highest BCUT2D eigenvalue weighted by molar-refractivity contribution is 4.69. The minimum Gasteiger partial charge on any atom is -0.353 e. The highest BCUT2D eigenvalue weighted by atomic mass is 16.7. The van der Waals surface area contributed by atoms with E-state index >= 15 is 0 Å². The molecule has 0 saturated carbocycles. The van der Waals surface area contributed by atoms with Crippen molar-refractivity contribution in [3.8, 4) is 6.07 Å². The van der Waals surface area contributed by atoms with Gasteiger partial charge in [0.25, 0.3) is 0 Å². The molecule has 0 atom stereocenters. The van der Waals surface area contributed by atoms with Crippen LogP contribution in [0.25, 0.3) is 0 Å². The van der Waals surface area contributed by atoms with Gasteiger partial charge in [-0.05, 0) is 12.8 Å². The summed E-state index contributed by atoms with van der Waals surface area (Å²) in [7, 11) is 0. The number of nitrogens with zero attached hydrogens (tertiary/aromatic N) is 1. The van der Waals surface area contributed by atoms with E-state index in [1.165, 1.54) is 51.4 Å².